The Morgan fingerprint density at radius 3 is 0.806 bits per heavy atom. The van der Waals surface area contributed by atoms with E-state index < -0.39 is 12.2 Å². The zero-order chi connectivity index (χ0) is 45.9. The summed E-state index contributed by atoms with van der Waals surface area (Å²) in [5.41, 5.74) is 0. The lowest BCUT2D eigenvalue weighted by atomic mass is 9.98. The molecule has 0 aliphatic heterocycles. The molecular formula is C52H96O10. The first-order valence-corrected chi connectivity index (χ1v) is 26.1. The number of rotatable bonds is 45. The van der Waals surface area contributed by atoms with Crippen molar-refractivity contribution in [2.45, 2.75) is 297 Å². The second kappa shape index (κ2) is 43.6. The summed E-state index contributed by atoms with van der Waals surface area (Å²) in [6, 6.07) is 0. The number of unbranched alkanes of at least 4 members (excludes halogenated alkanes) is 23. The zero-order valence-electron chi connectivity index (χ0n) is 41.1. The third-order valence-corrected chi connectivity index (χ3v) is 11.8. The van der Waals surface area contributed by atoms with E-state index in [1.165, 1.54) is 77.0 Å². The Kier molecular flexibility index (Phi) is 41.7. The van der Waals surface area contributed by atoms with Crippen LogP contribution in [0, 0.1) is 0 Å². The maximum Gasteiger partial charge on any atom is 0.305 e. The third kappa shape index (κ3) is 35.8. The number of esters is 5. The van der Waals surface area contributed by atoms with Gasteiger partial charge in [0.1, 0.15) is 24.4 Å². The molecule has 0 bridgehead atoms. The van der Waals surface area contributed by atoms with Crippen molar-refractivity contribution in [1.82, 2.24) is 0 Å². The van der Waals surface area contributed by atoms with Gasteiger partial charge in [-0.3, -0.25) is 24.0 Å². The molecule has 364 valence electrons. The van der Waals surface area contributed by atoms with Crippen molar-refractivity contribution >= 4 is 29.8 Å². The smallest absolute Gasteiger partial charge is 0.305 e. The molecule has 0 rings (SSSR count). The van der Waals surface area contributed by atoms with Gasteiger partial charge in [0.05, 0.1) is 6.61 Å². The van der Waals surface area contributed by atoms with Gasteiger partial charge in [0.15, 0.2) is 0 Å². The van der Waals surface area contributed by atoms with Crippen LogP contribution < -0.4 is 0 Å². The van der Waals surface area contributed by atoms with Gasteiger partial charge in [-0.1, -0.05) is 176 Å². The molecule has 0 aromatic heterocycles. The van der Waals surface area contributed by atoms with Gasteiger partial charge in [-0.25, -0.2) is 0 Å². The highest BCUT2D eigenvalue weighted by Gasteiger charge is 2.29. The van der Waals surface area contributed by atoms with Crippen LogP contribution in [0.3, 0.4) is 0 Å². The molecule has 0 saturated carbocycles. The molecular weight excluding hydrogens is 785 g/mol. The fourth-order valence-corrected chi connectivity index (χ4v) is 7.81. The highest BCUT2D eigenvalue weighted by molar-refractivity contribution is 5.71. The molecule has 0 saturated heterocycles. The largest absolute Gasteiger partial charge is 0.466 e. The standard InChI is InChI=1S/C52H96O10/c1-7-13-15-17-26-32-38-44(59-48(53)9-3)46(61-50(55)11-5)40-34-28-23-21-19-20-22-24-31-37-43-58-52(57)42-36-30-25-29-35-41-47(62-51(56)12-6)45(60-49(54)10-4)39-33-27-18-16-14-8-2/h44-47H,7-43H2,1-6H3. The van der Waals surface area contributed by atoms with Crippen LogP contribution in [0.5, 0.6) is 0 Å². The van der Waals surface area contributed by atoms with E-state index in [-0.39, 0.29) is 42.1 Å². The maximum atomic E-state index is 12.3. The van der Waals surface area contributed by atoms with Gasteiger partial charge < -0.3 is 23.7 Å². The summed E-state index contributed by atoms with van der Waals surface area (Å²) in [6.45, 7) is 12.1. The first-order valence-electron chi connectivity index (χ1n) is 26.1. The summed E-state index contributed by atoms with van der Waals surface area (Å²) in [5.74, 6) is -1.07. The van der Waals surface area contributed by atoms with Crippen molar-refractivity contribution in [1.29, 1.82) is 0 Å². The molecule has 4 unspecified atom stereocenters. The quantitative estimate of drug-likeness (QED) is 0.0331. The van der Waals surface area contributed by atoms with Crippen LogP contribution in [0.15, 0.2) is 0 Å². The average Bonchev–Trinajstić information content (AvgIpc) is 3.27. The molecule has 62 heavy (non-hydrogen) atoms. The minimum absolute atomic E-state index is 0.114. The summed E-state index contributed by atoms with van der Waals surface area (Å²) < 4.78 is 28.8. The number of hydrogen-bond donors (Lipinski definition) is 0. The number of carbonyl (C=O) groups is 5. The summed E-state index contributed by atoms with van der Waals surface area (Å²) >= 11 is 0. The average molecular weight is 881 g/mol. The number of ether oxygens (including phenoxy) is 5. The molecule has 0 aliphatic carbocycles. The van der Waals surface area contributed by atoms with E-state index in [1.807, 2.05) is 0 Å². The second-order valence-electron chi connectivity index (χ2n) is 17.5. The summed E-state index contributed by atoms with van der Waals surface area (Å²) in [5, 5.41) is 0. The molecule has 0 N–H and O–H groups in total. The van der Waals surface area contributed by atoms with Gasteiger partial charge in [0, 0.05) is 32.1 Å². The van der Waals surface area contributed by atoms with Crippen LogP contribution in [0.1, 0.15) is 273 Å². The minimum atomic E-state index is -0.413. The molecule has 0 aromatic rings. The van der Waals surface area contributed by atoms with Crippen LogP contribution in [0.2, 0.25) is 0 Å². The third-order valence-electron chi connectivity index (χ3n) is 11.8. The molecule has 0 aliphatic rings. The van der Waals surface area contributed by atoms with E-state index in [0.717, 1.165) is 109 Å². The van der Waals surface area contributed by atoms with E-state index in [1.54, 1.807) is 27.7 Å². The topological polar surface area (TPSA) is 132 Å². The van der Waals surface area contributed by atoms with E-state index in [4.69, 9.17) is 23.7 Å². The lowest BCUT2D eigenvalue weighted by Gasteiger charge is -2.27. The second-order valence-corrected chi connectivity index (χ2v) is 17.5. The van der Waals surface area contributed by atoms with E-state index >= 15 is 0 Å². The fraction of sp³-hybridized carbons (Fsp3) is 0.904. The molecule has 0 radical (unpaired) electrons. The van der Waals surface area contributed by atoms with Crippen molar-refractivity contribution in [2.24, 2.45) is 0 Å². The van der Waals surface area contributed by atoms with Crippen molar-refractivity contribution < 1.29 is 47.7 Å². The van der Waals surface area contributed by atoms with Crippen molar-refractivity contribution in [2.75, 3.05) is 6.61 Å². The Hall–Kier alpha value is -2.65. The fourth-order valence-electron chi connectivity index (χ4n) is 7.81. The normalized spacial score (nSPS) is 13.2. The zero-order valence-corrected chi connectivity index (χ0v) is 41.1. The molecule has 10 heteroatoms. The predicted octanol–water partition coefficient (Wildman–Crippen LogP) is 14.3. The predicted molar refractivity (Wildman–Crippen MR) is 251 cm³/mol. The molecule has 0 heterocycles. The van der Waals surface area contributed by atoms with Crippen LogP contribution in [-0.4, -0.2) is 60.9 Å². The molecule has 0 fully saturated rings. The summed E-state index contributed by atoms with van der Waals surface area (Å²) in [6.07, 6.45) is 32.6. The van der Waals surface area contributed by atoms with Gasteiger partial charge in [-0.2, -0.15) is 0 Å². The molecule has 0 amide bonds. The van der Waals surface area contributed by atoms with Crippen LogP contribution >= 0.6 is 0 Å². The van der Waals surface area contributed by atoms with E-state index in [0.29, 0.717) is 51.6 Å². The summed E-state index contributed by atoms with van der Waals surface area (Å²) in [4.78, 5) is 61.3. The number of carbonyl (C=O) groups excluding carboxylic acids is 5. The van der Waals surface area contributed by atoms with Crippen LogP contribution in [0.25, 0.3) is 0 Å². The van der Waals surface area contributed by atoms with Crippen molar-refractivity contribution in [3.63, 3.8) is 0 Å². The van der Waals surface area contributed by atoms with Gasteiger partial charge in [0.2, 0.25) is 0 Å². The Labute approximate surface area is 380 Å². The van der Waals surface area contributed by atoms with E-state index in [2.05, 4.69) is 13.8 Å². The van der Waals surface area contributed by atoms with Crippen molar-refractivity contribution in [3.05, 3.63) is 0 Å². The Morgan fingerprint density at radius 1 is 0.290 bits per heavy atom. The maximum absolute atomic E-state index is 12.3. The highest BCUT2D eigenvalue weighted by atomic mass is 16.6. The minimum Gasteiger partial charge on any atom is -0.466 e. The SMILES string of the molecule is CCCCCCCCC(OC(=O)CC)C(CCCCCCCCCCCCOC(=O)CCCCCCCC(OC(=O)CC)C(CCCCCCCC)OC(=O)CC)OC(=O)CC. The first kappa shape index (κ1) is 59.4. The van der Waals surface area contributed by atoms with E-state index in [9.17, 15) is 24.0 Å². The summed E-state index contributed by atoms with van der Waals surface area (Å²) in [7, 11) is 0. The van der Waals surface area contributed by atoms with Crippen molar-refractivity contribution in [3.8, 4) is 0 Å². The van der Waals surface area contributed by atoms with Crippen LogP contribution in [0.4, 0.5) is 0 Å². The van der Waals surface area contributed by atoms with Gasteiger partial charge in [-0.15, -0.1) is 0 Å². The van der Waals surface area contributed by atoms with Gasteiger partial charge >= 0.3 is 29.8 Å². The first-order chi connectivity index (χ1) is 30.1. The Morgan fingerprint density at radius 2 is 0.532 bits per heavy atom. The van der Waals surface area contributed by atoms with Crippen LogP contribution in [-0.2, 0) is 47.7 Å². The number of hydrogen-bond acceptors (Lipinski definition) is 10. The Balaban J connectivity index is 4.23. The van der Waals surface area contributed by atoms with Gasteiger partial charge in [0.25, 0.3) is 0 Å². The highest BCUT2D eigenvalue weighted by Crippen LogP contribution is 2.23. The molecule has 10 nitrogen and oxygen atoms in total. The Bertz CT molecular complexity index is 1090. The lowest BCUT2D eigenvalue weighted by Crippen LogP contribution is -2.35. The monoisotopic (exact) mass is 881 g/mol. The van der Waals surface area contributed by atoms with Gasteiger partial charge in [-0.05, 0) is 64.2 Å². The molecule has 0 spiro atoms. The molecule has 0 aromatic carbocycles. The molecule has 4 atom stereocenters. The lowest BCUT2D eigenvalue weighted by molar-refractivity contribution is -0.169.